The van der Waals surface area contributed by atoms with Crippen molar-refractivity contribution in [3.8, 4) is 0 Å². The van der Waals surface area contributed by atoms with E-state index < -0.39 is 10.0 Å². The molecule has 20 heavy (non-hydrogen) atoms. The van der Waals surface area contributed by atoms with Gasteiger partial charge in [-0.2, -0.15) is 5.10 Å². The van der Waals surface area contributed by atoms with Crippen molar-refractivity contribution >= 4 is 21.4 Å². The van der Waals surface area contributed by atoms with Crippen molar-refractivity contribution in [1.82, 2.24) is 10.2 Å². The Balaban J connectivity index is 2.55. The van der Waals surface area contributed by atoms with E-state index in [-0.39, 0.29) is 4.90 Å². The Morgan fingerprint density at radius 3 is 2.60 bits per heavy atom. The van der Waals surface area contributed by atoms with Crippen LogP contribution in [0.3, 0.4) is 0 Å². The number of anilines is 2. The lowest BCUT2D eigenvalue weighted by Gasteiger charge is -2.24. The summed E-state index contributed by atoms with van der Waals surface area (Å²) in [6.45, 7) is 3.96. The summed E-state index contributed by atoms with van der Waals surface area (Å²) >= 11 is 0. The van der Waals surface area contributed by atoms with E-state index in [9.17, 15) is 8.42 Å². The molecule has 0 bridgehead atoms. The highest BCUT2D eigenvalue weighted by atomic mass is 32.2. The summed E-state index contributed by atoms with van der Waals surface area (Å²) in [7, 11) is -3.67. The number of nitrogens with zero attached hydrogens (tertiary/aromatic N) is 2. The fraction of sp³-hybridized carbons (Fsp3) is 0.308. The summed E-state index contributed by atoms with van der Waals surface area (Å²) in [5.74, 6) is 0. The van der Waals surface area contributed by atoms with Crippen LogP contribution in [0.4, 0.5) is 11.4 Å². The Kier molecular flexibility index (Phi) is 3.99. The maximum atomic E-state index is 12.8. The highest BCUT2D eigenvalue weighted by Gasteiger charge is 2.28. The molecule has 6 nitrogen and oxygen atoms in total. The van der Waals surface area contributed by atoms with Crippen molar-refractivity contribution in [3.63, 3.8) is 0 Å². The number of H-pyrrole nitrogens is 1. The SMILES string of the molecule is CCCN(c1ccccc1N)S(=O)(=O)c1cn[nH]c1C. The molecule has 0 aliphatic heterocycles. The van der Waals surface area contributed by atoms with Gasteiger partial charge in [0.05, 0.1) is 23.3 Å². The number of hydrogen-bond donors (Lipinski definition) is 2. The largest absolute Gasteiger partial charge is 0.397 e. The van der Waals surface area contributed by atoms with Gasteiger partial charge in [-0.25, -0.2) is 8.42 Å². The first-order chi connectivity index (χ1) is 9.48. The Morgan fingerprint density at radius 2 is 2.05 bits per heavy atom. The van der Waals surface area contributed by atoms with E-state index in [1.165, 1.54) is 10.5 Å². The highest BCUT2D eigenvalue weighted by molar-refractivity contribution is 7.92. The fourth-order valence-electron chi connectivity index (χ4n) is 2.01. The molecule has 0 saturated carbocycles. The molecule has 1 aromatic carbocycles. The lowest BCUT2D eigenvalue weighted by Crippen LogP contribution is -2.32. The van der Waals surface area contributed by atoms with Crippen LogP contribution in [0.15, 0.2) is 35.4 Å². The van der Waals surface area contributed by atoms with Crippen LogP contribution >= 0.6 is 0 Å². The molecular weight excluding hydrogens is 276 g/mol. The first kappa shape index (κ1) is 14.4. The van der Waals surface area contributed by atoms with Crippen molar-refractivity contribution in [2.24, 2.45) is 0 Å². The number of aromatic nitrogens is 2. The van der Waals surface area contributed by atoms with Gasteiger partial charge in [-0.05, 0) is 25.5 Å². The predicted molar refractivity (Wildman–Crippen MR) is 79.0 cm³/mol. The van der Waals surface area contributed by atoms with E-state index in [2.05, 4.69) is 10.2 Å². The van der Waals surface area contributed by atoms with Gasteiger partial charge in [0, 0.05) is 6.54 Å². The molecule has 0 amide bonds. The zero-order valence-corrected chi connectivity index (χ0v) is 12.3. The van der Waals surface area contributed by atoms with Gasteiger partial charge in [-0.3, -0.25) is 9.40 Å². The molecule has 2 aromatic rings. The highest BCUT2D eigenvalue weighted by Crippen LogP contribution is 2.29. The molecule has 0 unspecified atom stereocenters. The summed E-state index contributed by atoms with van der Waals surface area (Å²) in [4.78, 5) is 0.175. The van der Waals surface area contributed by atoms with Crippen LogP contribution in [-0.4, -0.2) is 25.2 Å². The second-order valence-corrected chi connectivity index (χ2v) is 6.33. The number of aromatic amines is 1. The second-order valence-electron chi connectivity index (χ2n) is 4.50. The molecule has 7 heteroatoms. The van der Waals surface area contributed by atoms with Crippen molar-refractivity contribution in [2.45, 2.75) is 25.2 Å². The van der Waals surface area contributed by atoms with Gasteiger partial charge >= 0.3 is 0 Å². The lowest BCUT2D eigenvalue weighted by molar-refractivity contribution is 0.589. The topological polar surface area (TPSA) is 92.1 Å². The van der Waals surface area contributed by atoms with Crippen molar-refractivity contribution in [3.05, 3.63) is 36.2 Å². The Morgan fingerprint density at radius 1 is 1.35 bits per heavy atom. The smallest absolute Gasteiger partial charge is 0.267 e. The van der Waals surface area contributed by atoms with Crippen molar-refractivity contribution in [1.29, 1.82) is 0 Å². The number of benzene rings is 1. The molecule has 1 aromatic heterocycles. The molecule has 2 rings (SSSR count). The molecule has 0 atom stereocenters. The van der Waals surface area contributed by atoms with E-state index in [0.717, 1.165) is 0 Å². The zero-order valence-electron chi connectivity index (χ0n) is 11.5. The molecule has 0 radical (unpaired) electrons. The molecule has 0 aliphatic carbocycles. The number of nitrogens with one attached hydrogen (secondary N) is 1. The number of rotatable bonds is 5. The Hall–Kier alpha value is -2.02. The third kappa shape index (κ3) is 2.49. The molecule has 3 N–H and O–H groups in total. The van der Waals surface area contributed by atoms with Crippen LogP contribution in [-0.2, 0) is 10.0 Å². The van der Waals surface area contributed by atoms with Crippen molar-refractivity contribution in [2.75, 3.05) is 16.6 Å². The molecule has 0 fully saturated rings. The van der Waals surface area contributed by atoms with E-state index in [0.29, 0.717) is 30.0 Å². The number of nitrogen functional groups attached to an aromatic ring is 1. The summed E-state index contributed by atoms with van der Waals surface area (Å²) in [6, 6.07) is 6.94. The summed E-state index contributed by atoms with van der Waals surface area (Å²) < 4.78 is 26.9. The normalized spacial score (nSPS) is 11.5. The Labute approximate surface area is 118 Å². The molecule has 0 saturated heterocycles. The molecule has 0 aliphatic rings. The van der Waals surface area contributed by atoms with Gasteiger partial charge in [-0.1, -0.05) is 19.1 Å². The predicted octanol–water partition coefficient (Wildman–Crippen LogP) is 1.91. The quantitative estimate of drug-likeness (QED) is 0.824. The molecule has 108 valence electrons. The van der Waals surface area contributed by atoms with Gasteiger partial charge in [0.15, 0.2) is 0 Å². The maximum absolute atomic E-state index is 12.8. The van der Waals surface area contributed by atoms with Crippen LogP contribution in [0.2, 0.25) is 0 Å². The molecular formula is C13H18N4O2S. The van der Waals surface area contributed by atoms with E-state index in [1.54, 1.807) is 31.2 Å². The zero-order chi connectivity index (χ0) is 14.8. The third-order valence-electron chi connectivity index (χ3n) is 2.98. The minimum atomic E-state index is -3.67. The van der Waals surface area contributed by atoms with Gasteiger partial charge in [0.1, 0.15) is 4.90 Å². The average Bonchev–Trinajstić information content (AvgIpc) is 2.84. The van der Waals surface area contributed by atoms with Gasteiger partial charge in [-0.15, -0.1) is 0 Å². The van der Waals surface area contributed by atoms with Crippen LogP contribution in [0.5, 0.6) is 0 Å². The van der Waals surface area contributed by atoms with Crippen molar-refractivity contribution < 1.29 is 8.42 Å². The number of hydrogen-bond acceptors (Lipinski definition) is 4. The molecule has 0 spiro atoms. The minimum Gasteiger partial charge on any atom is -0.397 e. The van der Waals surface area contributed by atoms with Crippen LogP contribution in [0, 0.1) is 6.92 Å². The van der Waals surface area contributed by atoms with E-state index in [1.807, 2.05) is 6.92 Å². The van der Waals surface area contributed by atoms with Crippen LogP contribution in [0.1, 0.15) is 19.0 Å². The third-order valence-corrected chi connectivity index (χ3v) is 4.91. The monoisotopic (exact) mass is 294 g/mol. The number of aryl methyl sites for hydroxylation is 1. The van der Waals surface area contributed by atoms with E-state index >= 15 is 0 Å². The summed E-state index contributed by atoms with van der Waals surface area (Å²) in [5.41, 5.74) is 7.36. The molecule has 1 heterocycles. The number of para-hydroxylation sites is 2. The lowest BCUT2D eigenvalue weighted by atomic mass is 10.2. The van der Waals surface area contributed by atoms with Gasteiger partial charge in [0.25, 0.3) is 10.0 Å². The number of nitrogens with two attached hydrogens (primary N) is 1. The second kappa shape index (κ2) is 5.54. The standard InChI is InChI=1S/C13H18N4O2S/c1-3-8-17(12-7-5-4-6-11(12)14)20(18,19)13-9-15-16-10(13)2/h4-7,9H,3,8,14H2,1-2H3,(H,15,16). The summed E-state index contributed by atoms with van der Waals surface area (Å²) in [5, 5.41) is 6.44. The first-order valence-electron chi connectivity index (χ1n) is 6.35. The summed E-state index contributed by atoms with van der Waals surface area (Å²) in [6.07, 6.45) is 2.01. The van der Waals surface area contributed by atoms with Crippen LogP contribution in [0.25, 0.3) is 0 Å². The fourth-order valence-corrected chi connectivity index (χ4v) is 3.71. The minimum absolute atomic E-state index is 0.175. The first-order valence-corrected chi connectivity index (χ1v) is 7.79. The average molecular weight is 294 g/mol. The number of sulfonamides is 1. The van der Waals surface area contributed by atoms with E-state index in [4.69, 9.17) is 5.73 Å². The maximum Gasteiger partial charge on any atom is 0.267 e. The van der Waals surface area contributed by atoms with Gasteiger partial charge < -0.3 is 5.73 Å². The van der Waals surface area contributed by atoms with Gasteiger partial charge in [0.2, 0.25) is 0 Å². The van der Waals surface area contributed by atoms with Crippen LogP contribution < -0.4 is 10.0 Å². The Bertz CT molecular complexity index is 694.